The molecule has 0 aromatic carbocycles. The average Bonchev–Trinajstić information content (AvgIpc) is 2.47. The third-order valence-corrected chi connectivity index (χ3v) is 1.67. The van der Waals surface area contributed by atoms with Crippen LogP contribution in [-0.2, 0) is 4.79 Å². The molecule has 2 heterocycles. The predicted molar refractivity (Wildman–Crippen MR) is 41.4 cm³/mol. The summed E-state index contributed by atoms with van der Waals surface area (Å²) in [5.41, 5.74) is 0.485. The standard InChI is InChI=1S/C7H6N4O2/c12-6-5(10-7(13)11-6)4-1-2-8-3-9-4/h1-3,5H,(H2,10,11,12,13). The van der Waals surface area contributed by atoms with Gasteiger partial charge in [-0.15, -0.1) is 0 Å². The van der Waals surface area contributed by atoms with Gasteiger partial charge in [0.25, 0.3) is 5.91 Å². The number of carbonyl (C=O) groups excluding carboxylic acids is 2. The van der Waals surface area contributed by atoms with E-state index in [2.05, 4.69) is 20.6 Å². The molecule has 0 aliphatic carbocycles. The molecule has 1 aromatic rings. The van der Waals surface area contributed by atoms with Crippen LogP contribution in [0.4, 0.5) is 4.79 Å². The summed E-state index contributed by atoms with van der Waals surface area (Å²) in [6, 6.07) is 0.402. The van der Waals surface area contributed by atoms with Crippen LogP contribution in [0.2, 0.25) is 0 Å². The number of hydrogen-bond donors (Lipinski definition) is 2. The smallest absolute Gasteiger partial charge is 0.321 e. The SMILES string of the molecule is O=C1NC(=O)C(c2ccncn2)N1. The van der Waals surface area contributed by atoms with E-state index in [0.29, 0.717) is 5.69 Å². The van der Waals surface area contributed by atoms with E-state index in [1.807, 2.05) is 0 Å². The second-order valence-electron chi connectivity index (χ2n) is 2.53. The molecule has 2 rings (SSSR count). The van der Waals surface area contributed by atoms with Gasteiger partial charge in [0.2, 0.25) is 0 Å². The Morgan fingerprint density at radius 3 is 2.77 bits per heavy atom. The molecule has 0 saturated carbocycles. The largest absolute Gasteiger partial charge is 0.322 e. The van der Waals surface area contributed by atoms with Gasteiger partial charge in [0.15, 0.2) is 6.04 Å². The number of hydrogen-bond acceptors (Lipinski definition) is 4. The first-order valence-corrected chi connectivity index (χ1v) is 3.64. The monoisotopic (exact) mass is 178 g/mol. The zero-order valence-electron chi connectivity index (χ0n) is 6.52. The van der Waals surface area contributed by atoms with Crippen LogP contribution in [0.5, 0.6) is 0 Å². The molecule has 3 amide bonds. The number of nitrogens with one attached hydrogen (secondary N) is 2. The molecule has 1 aliphatic rings. The van der Waals surface area contributed by atoms with Crippen molar-refractivity contribution in [3.63, 3.8) is 0 Å². The average molecular weight is 178 g/mol. The van der Waals surface area contributed by atoms with Crippen LogP contribution in [-0.4, -0.2) is 21.9 Å². The lowest BCUT2D eigenvalue weighted by Gasteiger charge is -2.03. The van der Waals surface area contributed by atoms with E-state index in [0.717, 1.165) is 0 Å². The van der Waals surface area contributed by atoms with Gasteiger partial charge in [0.1, 0.15) is 6.33 Å². The zero-order chi connectivity index (χ0) is 9.26. The Kier molecular flexibility index (Phi) is 1.66. The highest BCUT2D eigenvalue weighted by Gasteiger charge is 2.31. The van der Waals surface area contributed by atoms with E-state index in [4.69, 9.17) is 0 Å². The molecule has 2 N–H and O–H groups in total. The summed E-state index contributed by atoms with van der Waals surface area (Å²) in [4.78, 5) is 29.4. The van der Waals surface area contributed by atoms with Crippen LogP contribution in [0.1, 0.15) is 11.7 Å². The molecular formula is C7H6N4O2. The summed E-state index contributed by atoms with van der Waals surface area (Å²) in [5, 5.41) is 4.55. The summed E-state index contributed by atoms with van der Waals surface area (Å²) < 4.78 is 0. The lowest BCUT2D eigenvalue weighted by atomic mass is 10.2. The van der Waals surface area contributed by atoms with E-state index in [1.165, 1.54) is 12.5 Å². The van der Waals surface area contributed by atoms with Gasteiger partial charge >= 0.3 is 6.03 Å². The highest BCUT2D eigenvalue weighted by atomic mass is 16.2. The van der Waals surface area contributed by atoms with Crippen molar-refractivity contribution in [2.24, 2.45) is 0 Å². The van der Waals surface area contributed by atoms with Crippen molar-refractivity contribution in [3.05, 3.63) is 24.3 Å². The normalized spacial score (nSPS) is 21.1. The van der Waals surface area contributed by atoms with Crippen LogP contribution >= 0.6 is 0 Å². The second-order valence-corrected chi connectivity index (χ2v) is 2.53. The minimum Gasteiger partial charge on any atom is -0.321 e. The van der Waals surface area contributed by atoms with Gasteiger partial charge in [-0.25, -0.2) is 14.8 Å². The number of rotatable bonds is 1. The maximum absolute atomic E-state index is 11.1. The number of nitrogens with zero attached hydrogens (tertiary/aromatic N) is 2. The molecule has 1 saturated heterocycles. The lowest BCUT2D eigenvalue weighted by molar-refractivity contribution is -0.120. The maximum atomic E-state index is 11.1. The number of aromatic nitrogens is 2. The Hall–Kier alpha value is -1.98. The van der Waals surface area contributed by atoms with Crippen molar-refractivity contribution in [1.29, 1.82) is 0 Å². The van der Waals surface area contributed by atoms with Crippen LogP contribution in [0, 0.1) is 0 Å². The molecule has 66 valence electrons. The Morgan fingerprint density at radius 2 is 2.23 bits per heavy atom. The summed E-state index contributed by atoms with van der Waals surface area (Å²) >= 11 is 0. The van der Waals surface area contributed by atoms with Gasteiger partial charge in [-0.05, 0) is 6.07 Å². The van der Waals surface area contributed by atoms with Crippen LogP contribution in [0.15, 0.2) is 18.6 Å². The van der Waals surface area contributed by atoms with Crippen LogP contribution in [0.25, 0.3) is 0 Å². The summed E-state index contributed by atoms with van der Waals surface area (Å²) in [7, 11) is 0. The first-order valence-electron chi connectivity index (χ1n) is 3.64. The molecular weight excluding hydrogens is 172 g/mol. The number of carbonyl (C=O) groups is 2. The van der Waals surface area contributed by atoms with E-state index in [9.17, 15) is 9.59 Å². The molecule has 1 unspecified atom stereocenters. The molecule has 6 heteroatoms. The van der Waals surface area contributed by atoms with Crippen molar-refractivity contribution >= 4 is 11.9 Å². The van der Waals surface area contributed by atoms with E-state index in [-0.39, 0.29) is 5.91 Å². The number of urea groups is 1. The van der Waals surface area contributed by atoms with Gasteiger partial charge in [0, 0.05) is 6.20 Å². The van der Waals surface area contributed by atoms with E-state index < -0.39 is 12.1 Å². The first kappa shape index (κ1) is 7.66. The number of imide groups is 1. The maximum Gasteiger partial charge on any atom is 0.322 e. The van der Waals surface area contributed by atoms with Gasteiger partial charge in [0.05, 0.1) is 5.69 Å². The number of amides is 3. The Labute approximate surface area is 73.4 Å². The van der Waals surface area contributed by atoms with Crippen molar-refractivity contribution in [1.82, 2.24) is 20.6 Å². The van der Waals surface area contributed by atoms with Crippen molar-refractivity contribution in [2.45, 2.75) is 6.04 Å². The van der Waals surface area contributed by atoms with Crippen molar-refractivity contribution in [2.75, 3.05) is 0 Å². The second kappa shape index (κ2) is 2.81. The van der Waals surface area contributed by atoms with E-state index in [1.54, 1.807) is 6.07 Å². The summed E-state index contributed by atoms with van der Waals surface area (Å²) in [5.74, 6) is -0.385. The van der Waals surface area contributed by atoms with Gasteiger partial charge in [-0.1, -0.05) is 0 Å². The quantitative estimate of drug-likeness (QED) is 0.560. The zero-order valence-corrected chi connectivity index (χ0v) is 6.52. The molecule has 1 fully saturated rings. The topological polar surface area (TPSA) is 84.0 Å². The highest BCUT2D eigenvalue weighted by Crippen LogP contribution is 2.11. The fraction of sp³-hybridized carbons (Fsp3) is 0.143. The minimum absolute atomic E-state index is 0.385. The Bertz CT molecular complexity index is 351. The molecule has 13 heavy (non-hydrogen) atoms. The molecule has 0 spiro atoms. The Morgan fingerprint density at radius 1 is 1.38 bits per heavy atom. The highest BCUT2D eigenvalue weighted by molar-refractivity contribution is 6.04. The summed E-state index contributed by atoms with van der Waals surface area (Å²) in [6.07, 6.45) is 2.84. The third-order valence-electron chi connectivity index (χ3n) is 1.67. The minimum atomic E-state index is -0.685. The van der Waals surface area contributed by atoms with Crippen molar-refractivity contribution in [3.8, 4) is 0 Å². The predicted octanol–water partition coefficient (Wildman–Crippen LogP) is -0.643. The molecule has 1 aliphatic heterocycles. The Balaban J connectivity index is 2.28. The van der Waals surface area contributed by atoms with Crippen LogP contribution < -0.4 is 10.6 Å². The molecule has 1 atom stereocenters. The van der Waals surface area contributed by atoms with Crippen molar-refractivity contribution < 1.29 is 9.59 Å². The first-order chi connectivity index (χ1) is 6.27. The summed E-state index contributed by atoms with van der Waals surface area (Å²) in [6.45, 7) is 0. The van der Waals surface area contributed by atoms with Gasteiger partial charge < -0.3 is 5.32 Å². The molecule has 6 nitrogen and oxygen atoms in total. The lowest BCUT2D eigenvalue weighted by Crippen LogP contribution is -2.22. The molecule has 0 radical (unpaired) electrons. The fourth-order valence-corrected chi connectivity index (χ4v) is 1.10. The molecule has 0 bridgehead atoms. The molecule has 1 aromatic heterocycles. The fourth-order valence-electron chi connectivity index (χ4n) is 1.10. The van der Waals surface area contributed by atoms with Gasteiger partial charge in [-0.3, -0.25) is 10.1 Å². The third kappa shape index (κ3) is 1.33. The van der Waals surface area contributed by atoms with Gasteiger partial charge in [-0.2, -0.15) is 0 Å². The van der Waals surface area contributed by atoms with Crippen LogP contribution in [0.3, 0.4) is 0 Å². The van der Waals surface area contributed by atoms with E-state index >= 15 is 0 Å².